The van der Waals surface area contributed by atoms with E-state index in [1.807, 2.05) is 0 Å². The first kappa shape index (κ1) is 17.2. The summed E-state index contributed by atoms with van der Waals surface area (Å²) in [6.45, 7) is 0. The van der Waals surface area contributed by atoms with E-state index in [2.05, 4.69) is 5.32 Å². The molecule has 1 amide bonds. The Labute approximate surface area is 132 Å². The van der Waals surface area contributed by atoms with E-state index in [4.69, 9.17) is 0 Å². The molecule has 0 aliphatic rings. The van der Waals surface area contributed by atoms with E-state index in [-0.39, 0.29) is 11.4 Å². The predicted octanol–water partition coefficient (Wildman–Crippen LogP) is 3.98. The maximum absolute atomic E-state index is 12.8. The van der Waals surface area contributed by atoms with Gasteiger partial charge in [-0.3, -0.25) is 14.9 Å². The Morgan fingerprint density at radius 2 is 1.62 bits per heavy atom. The van der Waals surface area contributed by atoms with Crippen LogP contribution in [0.15, 0.2) is 42.5 Å². The lowest BCUT2D eigenvalue weighted by Gasteiger charge is -2.10. The summed E-state index contributed by atoms with van der Waals surface area (Å²) in [5.74, 6) is -2.74. The van der Waals surface area contributed by atoms with Gasteiger partial charge in [0.1, 0.15) is 11.5 Å². The molecule has 126 valence electrons. The van der Waals surface area contributed by atoms with Crippen LogP contribution in [0.25, 0.3) is 0 Å². The van der Waals surface area contributed by atoms with Gasteiger partial charge in [-0.05, 0) is 36.4 Å². The van der Waals surface area contributed by atoms with Gasteiger partial charge >= 0.3 is 12.1 Å². The summed E-state index contributed by atoms with van der Waals surface area (Å²) in [6.07, 6.45) is -5.11. The fraction of sp³-hybridized carbons (Fsp3) is 0.0714. The molecule has 0 aliphatic carbocycles. The highest BCUT2D eigenvalue weighted by atomic mass is 19.4. The minimum absolute atomic E-state index is 0.0309. The third-order valence-corrected chi connectivity index (χ3v) is 2.83. The Morgan fingerprint density at radius 3 is 2.17 bits per heavy atom. The van der Waals surface area contributed by atoms with Gasteiger partial charge in [0.25, 0.3) is 5.69 Å². The normalized spacial score (nSPS) is 11.0. The molecule has 0 bridgehead atoms. The first-order chi connectivity index (χ1) is 11.2. The van der Waals surface area contributed by atoms with Gasteiger partial charge in [-0.1, -0.05) is 0 Å². The molecule has 0 saturated heterocycles. The van der Waals surface area contributed by atoms with Gasteiger partial charge in [0, 0.05) is 17.4 Å². The van der Waals surface area contributed by atoms with Crippen molar-refractivity contribution in [2.75, 3.05) is 10.6 Å². The minimum atomic E-state index is -5.11. The zero-order valence-electron chi connectivity index (χ0n) is 11.7. The molecular formula is C14H9F4N3O3. The standard InChI is InChI=1S/C14H9F4N3O3/c15-8-1-3-9(4-2-8)19-11-6-5-10(7-12(11)21(23)24)20-13(22)14(16,17)18/h1-7,19H,(H,20,22). The first-order valence-corrected chi connectivity index (χ1v) is 6.36. The van der Waals surface area contributed by atoms with Crippen LogP contribution in [-0.2, 0) is 4.79 Å². The summed E-state index contributed by atoms with van der Waals surface area (Å²) in [5.41, 5.74) is -0.629. The van der Waals surface area contributed by atoms with Crippen molar-refractivity contribution in [2.45, 2.75) is 6.18 Å². The van der Waals surface area contributed by atoms with E-state index in [1.54, 1.807) is 0 Å². The van der Waals surface area contributed by atoms with E-state index in [0.717, 1.165) is 30.3 Å². The molecule has 0 saturated carbocycles. The number of hydrogen-bond acceptors (Lipinski definition) is 4. The maximum atomic E-state index is 12.8. The number of nitrogens with one attached hydrogen (secondary N) is 2. The van der Waals surface area contributed by atoms with E-state index in [9.17, 15) is 32.5 Å². The molecule has 0 heterocycles. The van der Waals surface area contributed by atoms with Crippen LogP contribution in [0.3, 0.4) is 0 Å². The highest BCUT2D eigenvalue weighted by Crippen LogP contribution is 2.31. The third kappa shape index (κ3) is 4.18. The fourth-order valence-corrected chi connectivity index (χ4v) is 1.76. The van der Waals surface area contributed by atoms with E-state index < -0.39 is 28.5 Å². The lowest BCUT2D eigenvalue weighted by atomic mass is 10.2. The Kier molecular flexibility index (Phi) is 4.67. The number of amides is 1. The molecule has 6 nitrogen and oxygen atoms in total. The molecule has 2 N–H and O–H groups in total. The summed E-state index contributed by atoms with van der Waals surface area (Å²) in [5, 5.41) is 15.3. The van der Waals surface area contributed by atoms with Crippen molar-refractivity contribution >= 4 is 28.7 Å². The Balaban J connectivity index is 2.28. The summed E-state index contributed by atoms with van der Waals surface area (Å²) in [7, 11) is 0. The van der Waals surface area contributed by atoms with Crippen LogP contribution in [0.4, 0.5) is 40.3 Å². The number of hydrogen-bond donors (Lipinski definition) is 2. The van der Waals surface area contributed by atoms with E-state index >= 15 is 0 Å². The summed E-state index contributed by atoms with van der Waals surface area (Å²) in [4.78, 5) is 21.1. The van der Waals surface area contributed by atoms with Crippen molar-refractivity contribution in [3.05, 3.63) is 58.4 Å². The van der Waals surface area contributed by atoms with Crippen LogP contribution >= 0.6 is 0 Å². The minimum Gasteiger partial charge on any atom is -0.350 e. The second-order valence-electron chi connectivity index (χ2n) is 4.57. The average Bonchev–Trinajstić information content (AvgIpc) is 2.49. The molecule has 0 aliphatic heterocycles. The maximum Gasteiger partial charge on any atom is 0.471 e. The van der Waals surface area contributed by atoms with Gasteiger partial charge in [-0.2, -0.15) is 13.2 Å². The molecule has 0 unspecified atom stereocenters. The molecular weight excluding hydrogens is 334 g/mol. The summed E-state index contributed by atoms with van der Waals surface area (Å²) in [6, 6.07) is 7.92. The highest BCUT2D eigenvalue weighted by Gasteiger charge is 2.38. The van der Waals surface area contributed by atoms with Crippen molar-refractivity contribution < 1.29 is 27.3 Å². The van der Waals surface area contributed by atoms with Crippen molar-refractivity contribution in [2.24, 2.45) is 0 Å². The van der Waals surface area contributed by atoms with Crippen LogP contribution in [0.5, 0.6) is 0 Å². The van der Waals surface area contributed by atoms with Gasteiger partial charge in [0.2, 0.25) is 0 Å². The second-order valence-corrected chi connectivity index (χ2v) is 4.57. The van der Waals surface area contributed by atoms with Crippen molar-refractivity contribution in [3.8, 4) is 0 Å². The molecule has 0 spiro atoms. The van der Waals surface area contributed by atoms with Gasteiger partial charge in [0.15, 0.2) is 0 Å². The van der Waals surface area contributed by atoms with Gasteiger partial charge in [-0.15, -0.1) is 0 Å². The number of rotatable bonds is 4. The molecule has 10 heteroatoms. The molecule has 0 fully saturated rings. The largest absolute Gasteiger partial charge is 0.471 e. The van der Waals surface area contributed by atoms with Crippen molar-refractivity contribution in [1.82, 2.24) is 0 Å². The molecule has 2 aromatic rings. The van der Waals surface area contributed by atoms with Crippen molar-refractivity contribution in [1.29, 1.82) is 0 Å². The topological polar surface area (TPSA) is 84.3 Å². The average molecular weight is 343 g/mol. The van der Waals surface area contributed by atoms with E-state index in [1.165, 1.54) is 17.4 Å². The van der Waals surface area contributed by atoms with Gasteiger partial charge in [0.05, 0.1) is 4.92 Å². The molecule has 2 rings (SSSR count). The van der Waals surface area contributed by atoms with Gasteiger partial charge in [-0.25, -0.2) is 4.39 Å². The lowest BCUT2D eigenvalue weighted by molar-refractivity contribution is -0.383. The molecule has 24 heavy (non-hydrogen) atoms. The van der Waals surface area contributed by atoms with Gasteiger partial charge < -0.3 is 10.6 Å². The Bertz CT molecular complexity index is 776. The molecule has 2 aromatic carbocycles. The number of benzene rings is 2. The number of halogens is 4. The number of nitro benzene ring substituents is 1. The van der Waals surface area contributed by atoms with Crippen molar-refractivity contribution in [3.63, 3.8) is 0 Å². The summed E-state index contributed by atoms with van der Waals surface area (Å²) >= 11 is 0. The van der Waals surface area contributed by atoms with Crippen LogP contribution in [0, 0.1) is 15.9 Å². The quantitative estimate of drug-likeness (QED) is 0.500. The Morgan fingerprint density at radius 1 is 1.04 bits per heavy atom. The first-order valence-electron chi connectivity index (χ1n) is 6.36. The molecule has 0 aromatic heterocycles. The number of alkyl halides is 3. The van der Waals surface area contributed by atoms with E-state index in [0.29, 0.717) is 5.69 Å². The second kappa shape index (κ2) is 6.52. The summed E-state index contributed by atoms with van der Waals surface area (Å²) < 4.78 is 49.4. The number of anilines is 3. The smallest absolute Gasteiger partial charge is 0.350 e. The van der Waals surface area contributed by atoms with Crippen LogP contribution in [0.2, 0.25) is 0 Å². The fourth-order valence-electron chi connectivity index (χ4n) is 1.76. The highest BCUT2D eigenvalue weighted by molar-refractivity contribution is 5.95. The van der Waals surface area contributed by atoms with Crippen LogP contribution in [-0.4, -0.2) is 17.0 Å². The zero-order valence-corrected chi connectivity index (χ0v) is 11.7. The number of nitrogens with zero attached hydrogens (tertiary/aromatic N) is 1. The lowest BCUT2D eigenvalue weighted by Crippen LogP contribution is -2.29. The Hall–Kier alpha value is -3.17. The molecule has 0 radical (unpaired) electrons. The van der Waals surface area contributed by atoms with Crippen LogP contribution < -0.4 is 10.6 Å². The monoisotopic (exact) mass is 343 g/mol. The number of carbonyl (C=O) groups is 1. The SMILES string of the molecule is O=C(Nc1ccc(Nc2ccc(F)cc2)c([N+](=O)[O-])c1)C(F)(F)F. The third-order valence-electron chi connectivity index (χ3n) is 2.83. The molecule has 0 atom stereocenters. The zero-order chi connectivity index (χ0) is 17.9. The number of nitro groups is 1. The predicted molar refractivity (Wildman–Crippen MR) is 77.5 cm³/mol. The number of carbonyl (C=O) groups excluding carboxylic acids is 1. The van der Waals surface area contributed by atoms with Crippen LogP contribution in [0.1, 0.15) is 0 Å².